The van der Waals surface area contributed by atoms with E-state index in [1.165, 1.54) is 11.3 Å². The Kier molecular flexibility index (Phi) is 4.46. The smallest absolute Gasteiger partial charge is 0.123 e. The summed E-state index contributed by atoms with van der Waals surface area (Å²) in [6, 6.07) is 1.86. The van der Waals surface area contributed by atoms with Crippen LogP contribution in [-0.4, -0.2) is 14.8 Å². The zero-order valence-corrected chi connectivity index (χ0v) is 12.2. The van der Waals surface area contributed by atoms with Crippen LogP contribution < -0.4 is 10.5 Å². The van der Waals surface area contributed by atoms with Crippen molar-refractivity contribution in [1.82, 2.24) is 4.72 Å². The van der Waals surface area contributed by atoms with E-state index < -0.39 is 11.0 Å². The molecule has 0 aliphatic heterocycles. The molecule has 96 valence electrons. The first kappa shape index (κ1) is 14.3. The fourth-order valence-corrected chi connectivity index (χ4v) is 2.91. The zero-order valence-electron chi connectivity index (χ0n) is 10.5. The van der Waals surface area contributed by atoms with E-state index in [2.05, 4.69) is 4.72 Å². The fraction of sp³-hybridized carbons (Fsp3) is 0.545. The Morgan fingerprint density at radius 1 is 1.59 bits per heavy atom. The van der Waals surface area contributed by atoms with Crippen molar-refractivity contribution in [2.45, 2.75) is 38.5 Å². The second-order valence-electron chi connectivity index (χ2n) is 4.87. The highest BCUT2D eigenvalue weighted by Crippen LogP contribution is 2.23. The van der Waals surface area contributed by atoms with Gasteiger partial charge in [0.2, 0.25) is 0 Å². The van der Waals surface area contributed by atoms with Crippen molar-refractivity contribution in [3.63, 3.8) is 0 Å². The Morgan fingerprint density at radius 2 is 2.18 bits per heavy atom. The molecular weight excluding hydrogens is 254 g/mol. The SMILES string of the molecule is C[C@@H](NS(=O)C(C)(C)C)c1cc(C(=N)N)cs1. The zero-order chi connectivity index (χ0) is 13.2. The van der Waals surface area contributed by atoms with Crippen molar-refractivity contribution < 1.29 is 4.21 Å². The lowest BCUT2D eigenvalue weighted by molar-refractivity contribution is 0.618. The van der Waals surface area contributed by atoms with Crippen LogP contribution in [0.4, 0.5) is 0 Å². The van der Waals surface area contributed by atoms with Gasteiger partial charge in [0.05, 0.1) is 21.8 Å². The van der Waals surface area contributed by atoms with E-state index in [1.807, 2.05) is 39.1 Å². The average molecular weight is 273 g/mol. The predicted octanol–water partition coefficient (Wildman–Crippen LogP) is 2.14. The Labute approximate surface area is 109 Å². The van der Waals surface area contributed by atoms with Crippen LogP contribution in [0.2, 0.25) is 0 Å². The van der Waals surface area contributed by atoms with Crippen molar-refractivity contribution >= 4 is 28.2 Å². The van der Waals surface area contributed by atoms with E-state index in [-0.39, 0.29) is 16.6 Å². The van der Waals surface area contributed by atoms with Gasteiger partial charge in [-0.2, -0.15) is 0 Å². The van der Waals surface area contributed by atoms with Crippen molar-refractivity contribution in [1.29, 1.82) is 5.41 Å². The molecule has 6 heteroatoms. The summed E-state index contributed by atoms with van der Waals surface area (Å²) in [5.41, 5.74) is 6.13. The molecule has 0 bridgehead atoms. The van der Waals surface area contributed by atoms with Gasteiger partial charge in [-0.3, -0.25) is 5.41 Å². The van der Waals surface area contributed by atoms with E-state index in [0.29, 0.717) is 0 Å². The molecular formula is C11H19N3OS2. The van der Waals surface area contributed by atoms with Gasteiger partial charge >= 0.3 is 0 Å². The molecule has 1 rings (SSSR count). The molecule has 1 aromatic rings. The van der Waals surface area contributed by atoms with E-state index in [4.69, 9.17) is 11.1 Å². The summed E-state index contributed by atoms with van der Waals surface area (Å²) in [6.45, 7) is 7.74. The van der Waals surface area contributed by atoms with Crippen LogP contribution in [0.25, 0.3) is 0 Å². The number of nitrogen functional groups attached to an aromatic ring is 1. The van der Waals surface area contributed by atoms with Gasteiger partial charge < -0.3 is 5.73 Å². The first-order chi connectivity index (χ1) is 7.71. The highest BCUT2D eigenvalue weighted by molar-refractivity contribution is 7.84. The van der Waals surface area contributed by atoms with E-state index in [0.717, 1.165) is 10.4 Å². The Balaban J connectivity index is 2.73. The molecule has 1 unspecified atom stereocenters. The first-order valence-electron chi connectivity index (χ1n) is 5.32. The third kappa shape index (κ3) is 3.90. The molecule has 0 amide bonds. The van der Waals surface area contributed by atoms with Crippen LogP contribution in [0.3, 0.4) is 0 Å². The minimum atomic E-state index is -1.10. The molecule has 2 atom stereocenters. The molecule has 0 spiro atoms. The molecule has 0 fully saturated rings. The maximum absolute atomic E-state index is 11.9. The largest absolute Gasteiger partial charge is 0.384 e. The molecule has 4 nitrogen and oxygen atoms in total. The van der Waals surface area contributed by atoms with E-state index in [1.54, 1.807) is 0 Å². The topological polar surface area (TPSA) is 79.0 Å². The second kappa shape index (κ2) is 5.29. The highest BCUT2D eigenvalue weighted by atomic mass is 32.2. The van der Waals surface area contributed by atoms with E-state index >= 15 is 0 Å². The van der Waals surface area contributed by atoms with Gasteiger partial charge in [0, 0.05) is 15.8 Å². The molecule has 1 aromatic heterocycles. The van der Waals surface area contributed by atoms with Crippen LogP contribution in [0.5, 0.6) is 0 Å². The Bertz CT molecular complexity index is 434. The summed E-state index contributed by atoms with van der Waals surface area (Å²) in [7, 11) is -1.10. The van der Waals surface area contributed by atoms with Gasteiger partial charge in [0.1, 0.15) is 5.84 Å². The molecule has 0 saturated heterocycles. The van der Waals surface area contributed by atoms with Gasteiger partial charge in [-0.15, -0.1) is 11.3 Å². The lowest BCUT2D eigenvalue weighted by atomic mass is 10.2. The van der Waals surface area contributed by atoms with Crippen LogP contribution in [0, 0.1) is 5.41 Å². The summed E-state index contributed by atoms with van der Waals surface area (Å²) < 4.78 is 14.7. The Morgan fingerprint density at radius 3 is 2.59 bits per heavy atom. The quantitative estimate of drug-likeness (QED) is 0.580. The average Bonchev–Trinajstić information content (AvgIpc) is 2.64. The van der Waals surface area contributed by atoms with Gasteiger partial charge in [-0.05, 0) is 33.8 Å². The molecule has 1 heterocycles. The number of hydrogen-bond donors (Lipinski definition) is 3. The number of rotatable bonds is 4. The van der Waals surface area contributed by atoms with Gasteiger partial charge in [0.15, 0.2) is 0 Å². The molecule has 0 aliphatic rings. The van der Waals surface area contributed by atoms with Crippen molar-refractivity contribution in [2.75, 3.05) is 0 Å². The molecule has 0 radical (unpaired) electrons. The maximum Gasteiger partial charge on any atom is 0.123 e. The number of nitrogens with two attached hydrogens (primary N) is 1. The molecule has 0 saturated carbocycles. The number of thiophene rings is 1. The highest BCUT2D eigenvalue weighted by Gasteiger charge is 2.22. The molecule has 0 aliphatic carbocycles. The van der Waals surface area contributed by atoms with Gasteiger partial charge in [-0.1, -0.05) is 0 Å². The fourth-order valence-electron chi connectivity index (χ4n) is 1.12. The number of hydrogen-bond acceptors (Lipinski definition) is 3. The van der Waals surface area contributed by atoms with Crippen LogP contribution in [0.15, 0.2) is 11.4 Å². The minimum absolute atomic E-state index is 0.00633. The van der Waals surface area contributed by atoms with E-state index in [9.17, 15) is 4.21 Å². The van der Waals surface area contributed by atoms with Crippen molar-refractivity contribution in [3.8, 4) is 0 Å². The number of amidine groups is 1. The minimum Gasteiger partial charge on any atom is -0.384 e. The third-order valence-electron chi connectivity index (χ3n) is 2.20. The molecule has 4 N–H and O–H groups in total. The predicted molar refractivity (Wildman–Crippen MR) is 74.8 cm³/mol. The van der Waals surface area contributed by atoms with Crippen molar-refractivity contribution in [3.05, 3.63) is 21.9 Å². The lowest BCUT2D eigenvalue weighted by Gasteiger charge is -2.21. The van der Waals surface area contributed by atoms with Crippen LogP contribution >= 0.6 is 11.3 Å². The van der Waals surface area contributed by atoms with Gasteiger partial charge in [0.25, 0.3) is 0 Å². The number of nitrogens with one attached hydrogen (secondary N) is 2. The summed E-state index contributed by atoms with van der Waals surface area (Å²) in [4.78, 5) is 1.04. The molecule has 0 aromatic carbocycles. The monoisotopic (exact) mass is 273 g/mol. The summed E-state index contributed by atoms with van der Waals surface area (Å²) in [6.07, 6.45) is 0. The van der Waals surface area contributed by atoms with Crippen LogP contribution in [0.1, 0.15) is 44.2 Å². The van der Waals surface area contributed by atoms with Crippen LogP contribution in [-0.2, 0) is 11.0 Å². The van der Waals surface area contributed by atoms with Gasteiger partial charge in [-0.25, -0.2) is 8.93 Å². The Hall–Kier alpha value is -0.720. The summed E-state index contributed by atoms with van der Waals surface area (Å²) >= 11 is 1.52. The maximum atomic E-state index is 11.9. The lowest BCUT2D eigenvalue weighted by Crippen LogP contribution is -2.34. The summed E-state index contributed by atoms with van der Waals surface area (Å²) in [5, 5.41) is 9.18. The standard InChI is InChI=1S/C11H19N3OS2/c1-7(14-17(15)11(2,3)4)9-5-8(6-16-9)10(12)13/h5-7,14H,1-4H3,(H3,12,13)/t7-,17?/m1/s1. The normalized spacial score (nSPS) is 15.5. The second-order valence-corrected chi connectivity index (χ2v) is 7.81. The first-order valence-corrected chi connectivity index (χ1v) is 7.35. The summed E-state index contributed by atoms with van der Waals surface area (Å²) in [5.74, 6) is 0.0663. The molecule has 17 heavy (non-hydrogen) atoms. The van der Waals surface area contributed by atoms with Crippen molar-refractivity contribution in [2.24, 2.45) is 5.73 Å². The third-order valence-corrected chi connectivity index (χ3v) is 4.99.